The number of hydrogen-bond donors (Lipinski definition) is 3. The molecule has 2 atom stereocenters. The van der Waals surface area contributed by atoms with Crippen LogP contribution in [0, 0.1) is 0 Å². The van der Waals surface area contributed by atoms with Gasteiger partial charge in [0, 0.05) is 31.7 Å². The molecular formula is C18H35Cl2N3O3. The molecule has 1 saturated carbocycles. The number of nitrogens with one attached hydrogen (secondary N) is 2. The predicted molar refractivity (Wildman–Crippen MR) is 107 cm³/mol. The molecule has 3 rings (SSSR count). The van der Waals surface area contributed by atoms with Crippen LogP contribution in [0.15, 0.2) is 0 Å². The first-order chi connectivity index (χ1) is 11.4. The standard InChI is InChI=1S/C18H33N3O3.2ClH/c1-17(2)13-21(8-9-24-17)18(6-4-3-5-7-18)12-20-16(23)15-10-14(22)11-19-15;;/h14-15,19,22H,3-13H2,1-2H3,(H,20,23);2*1H. The minimum Gasteiger partial charge on any atom is -0.392 e. The van der Waals surface area contributed by atoms with Gasteiger partial charge in [-0.05, 0) is 33.1 Å². The van der Waals surface area contributed by atoms with E-state index in [0.29, 0.717) is 19.5 Å². The molecule has 0 aromatic carbocycles. The molecule has 0 aromatic rings. The third kappa shape index (κ3) is 5.69. The van der Waals surface area contributed by atoms with Crippen molar-refractivity contribution in [3.8, 4) is 0 Å². The molecule has 3 fully saturated rings. The number of carbonyl (C=O) groups is 1. The molecular weight excluding hydrogens is 377 g/mol. The van der Waals surface area contributed by atoms with Crippen molar-refractivity contribution in [1.29, 1.82) is 0 Å². The molecule has 1 amide bonds. The summed E-state index contributed by atoms with van der Waals surface area (Å²) in [5.41, 5.74) is -0.0595. The number of nitrogens with zero attached hydrogens (tertiary/aromatic N) is 1. The van der Waals surface area contributed by atoms with Crippen LogP contribution < -0.4 is 10.6 Å². The van der Waals surface area contributed by atoms with E-state index in [4.69, 9.17) is 4.74 Å². The highest BCUT2D eigenvalue weighted by Crippen LogP contribution is 2.36. The zero-order valence-electron chi connectivity index (χ0n) is 16.0. The summed E-state index contributed by atoms with van der Waals surface area (Å²) in [5.74, 6) is 0.0315. The van der Waals surface area contributed by atoms with Gasteiger partial charge in [0.2, 0.25) is 5.91 Å². The highest BCUT2D eigenvalue weighted by atomic mass is 35.5. The van der Waals surface area contributed by atoms with Crippen LogP contribution in [0.2, 0.25) is 0 Å². The topological polar surface area (TPSA) is 73.8 Å². The van der Waals surface area contributed by atoms with Gasteiger partial charge >= 0.3 is 0 Å². The van der Waals surface area contributed by atoms with Crippen molar-refractivity contribution >= 4 is 30.7 Å². The van der Waals surface area contributed by atoms with Crippen LogP contribution in [0.3, 0.4) is 0 Å². The van der Waals surface area contributed by atoms with Gasteiger partial charge in [-0.25, -0.2) is 0 Å². The molecule has 3 N–H and O–H groups in total. The number of ether oxygens (including phenoxy) is 1. The summed E-state index contributed by atoms with van der Waals surface area (Å²) in [7, 11) is 0. The van der Waals surface area contributed by atoms with Crippen molar-refractivity contribution in [2.75, 3.05) is 32.8 Å². The maximum atomic E-state index is 12.5. The molecule has 0 bridgehead atoms. The van der Waals surface area contributed by atoms with E-state index >= 15 is 0 Å². The fourth-order valence-corrected chi connectivity index (χ4v) is 4.53. The van der Waals surface area contributed by atoms with Gasteiger partial charge in [-0.3, -0.25) is 9.69 Å². The van der Waals surface area contributed by atoms with E-state index in [0.717, 1.165) is 32.5 Å². The molecule has 0 spiro atoms. The number of hydrogen-bond acceptors (Lipinski definition) is 5. The summed E-state index contributed by atoms with van der Waals surface area (Å²) < 4.78 is 5.88. The Morgan fingerprint density at radius 3 is 2.54 bits per heavy atom. The van der Waals surface area contributed by atoms with E-state index in [1.54, 1.807) is 0 Å². The first-order valence-corrected chi connectivity index (χ1v) is 9.48. The largest absolute Gasteiger partial charge is 0.392 e. The Hall–Kier alpha value is -0.110. The Morgan fingerprint density at radius 2 is 1.96 bits per heavy atom. The quantitative estimate of drug-likeness (QED) is 0.653. The third-order valence-corrected chi connectivity index (χ3v) is 5.90. The number of aliphatic hydroxyl groups excluding tert-OH is 1. The Morgan fingerprint density at radius 1 is 1.27 bits per heavy atom. The van der Waals surface area contributed by atoms with Crippen LogP contribution in [0.25, 0.3) is 0 Å². The molecule has 8 heteroatoms. The molecule has 2 aliphatic heterocycles. The average Bonchev–Trinajstić information content (AvgIpc) is 2.99. The number of rotatable bonds is 4. The monoisotopic (exact) mass is 411 g/mol. The summed E-state index contributed by atoms with van der Waals surface area (Å²) in [6.45, 7) is 8.15. The molecule has 0 aromatic heterocycles. The third-order valence-electron chi connectivity index (χ3n) is 5.90. The molecule has 154 valence electrons. The maximum absolute atomic E-state index is 12.5. The maximum Gasteiger partial charge on any atom is 0.237 e. The first kappa shape index (κ1) is 23.9. The van der Waals surface area contributed by atoms with Crippen LogP contribution in [-0.2, 0) is 9.53 Å². The number of aliphatic hydroxyl groups is 1. The Bertz CT molecular complexity index is 459. The number of morpholine rings is 1. The van der Waals surface area contributed by atoms with Crippen molar-refractivity contribution in [2.45, 2.75) is 75.7 Å². The van der Waals surface area contributed by atoms with Crippen molar-refractivity contribution < 1.29 is 14.6 Å². The van der Waals surface area contributed by atoms with E-state index in [1.807, 2.05) is 0 Å². The Kier molecular flexibility index (Phi) is 9.11. The van der Waals surface area contributed by atoms with Gasteiger partial charge in [0.15, 0.2) is 0 Å². The fraction of sp³-hybridized carbons (Fsp3) is 0.944. The van der Waals surface area contributed by atoms with E-state index in [2.05, 4.69) is 29.4 Å². The van der Waals surface area contributed by atoms with E-state index in [1.165, 1.54) is 19.3 Å². The van der Waals surface area contributed by atoms with Gasteiger partial charge < -0.3 is 20.5 Å². The molecule has 1 aliphatic carbocycles. The number of halogens is 2. The van der Waals surface area contributed by atoms with Gasteiger partial charge in [0.1, 0.15) is 0 Å². The lowest BCUT2D eigenvalue weighted by Gasteiger charge is -2.51. The smallest absolute Gasteiger partial charge is 0.237 e. The van der Waals surface area contributed by atoms with Crippen LogP contribution in [-0.4, -0.2) is 72.0 Å². The first-order valence-electron chi connectivity index (χ1n) is 9.48. The lowest BCUT2D eigenvalue weighted by Crippen LogP contribution is -2.63. The van der Waals surface area contributed by atoms with Crippen molar-refractivity contribution in [1.82, 2.24) is 15.5 Å². The van der Waals surface area contributed by atoms with Crippen LogP contribution >= 0.6 is 24.8 Å². The molecule has 2 heterocycles. The fourth-order valence-electron chi connectivity index (χ4n) is 4.53. The van der Waals surface area contributed by atoms with Crippen LogP contribution in [0.5, 0.6) is 0 Å². The summed E-state index contributed by atoms with van der Waals surface area (Å²) in [6, 6.07) is -0.248. The molecule has 2 unspecified atom stereocenters. The molecule has 3 aliphatic rings. The summed E-state index contributed by atoms with van der Waals surface area (Å²) in [5, 5.41) is 15.9. The number of carbonyl (C=O) groups excluding carboxylic acids is 1. The van der Waals surface area contributed by atoms with Crippen LogP contribution in [0.1, 0.15) is 52.4 Å². The average molecular weight is 412 g/mol. The van der Waals surface area contributed by atoms with Gasteiger partial charge in [-0.15, -0.1) is 24.8 Å². The zero-order valence-corrected chi connectivity index (χ0v) is 17.6. The Labute approximate surface area is 169 Å². The molecule has 2 saturated heterocycles. The van der Waals surface area contributed by atoms with E-state index in [-0.39, 0.29) is 47.9 Å². The second-order valence-corrected chi connectivity index (χ2v) is 8.38. The normalized spacial score (nSPS) is 30.7. The second-order valence-electron chi connectivity index (χ2n) is 8.38. The molecule has 6 nitrogen and oxygen atoms in total. The molecule has 26 heavy (non-hydrogen) atoms. The summed E-state index contributed by atoms with van der Waals surface area (Å²) >= 11 is 0. The van der Waals surface area contributed by atoms with Crippen LogP contribution in [0.4, 0.5) is 0 Å². The SMILES string of the molecule is CC1(C)CN(C2(CNC(=O)C3CC(O)CN3)CCCCC2)CCO1.Cl.Cl. The second kappa shape index (κ2) is 9.89. The van der Waals surface area contributed by atoms with E-state index in [9.17, 15) is 9.90 Å². The van der Waals surface area contributed by atoms with Gasteiger partial charge in [-0.2, -0.15) is 0 Å². The van der Waals surface area contributed by atoms with Crippen molar-refractivity contribution in [3.05, 3.63) is 0 Å². The highest BCUT2D eigenvalue weighted by Gasteiger charge is 2.43. The number of β-amino-alcohol motifs (C(OH)–C–C–N with tert-alkyl or cyclic N) is 1. The molecule has 0 radical (unpaired) electrons. The summed E-state index contributed by atoms with van der Waals surface area (Å²) in [4.78, 5) is 15.0. The summed E-state index contributed by atoms with van der Waals surface area (Å²) in [6.07, 6.45) is 6.16. The number of amides is 1. The van der Waals surface area contributed by atoms with Gasteiger partial charge in [0.25, 0.3) is 0 Å². The van der Waals surface area contributed by atoms with E-state index < -0.39 is 6.10 Å². The predicted octanol–water partition coefficient (Wildman–Crippen LogP) is 1.48. The lowest BCUT2D eigenvalue weighted by atomic mass is 9.79. The minimum absolute atomic E-state index is 0. The lowest BCUT2D eigenvalue weighted by molar-refractivity contribution is -0.130. The van der Waals surface area contributed by atoms with Crippen molar-refractivity contribution in [3.63, 3.8) is 0 Å². The van der Waals surface area contributed by atoms with Crippen molar-refractivity contribution in [2.24, 2.45) is 0 Å². The Balaban J connectivity index is 0.00000169. The minimum atomic E-state index is -0.399. The van der Waals surface area contributed by atoms with Gasteiger partial charge in [0.05, 0.1) is 24.4 Å². The highest BCUT2D eigenvalue weighted by molar-refractivity contribution is 5.85. The zero-order chi connectivity index (χ0) is 17.2. The van der Waals surface area contributed by atoms with Gasteiger partial charge in [-0.1, -0.05) is 19.3 Å².